The number of hydrogen-bond acceptors (Lipinski definition) is 3. The molecule has 0 atom stereocenters. The zero-order chi connectivity index (χ0) is 20.4. The number of rotatable bonds is 6. The van der Waals surface area contributed by atoms with E-state index in [1.54, 1.807) is 12.5 Å². The van der Waals surface area contributed by atoms with Crippen LogP contribution in [0.15, 0.2) is 61.2 Å². The highest BCUT2D eigenvalue weighted by Crippen LogP contribution is 2.21. The first-order chi connectivity index (χ1) is 14.0. The molecule has 2 aromatic carbocycles. The van der Waals surface area contributed by atoms with Crippen molar-refractivity contribution in [1.29, 1.82) is 0 Å². The summed E-state index contributed by atoms with van der Waals surface area (Å²) in [6, 6.07) is 11.7. The molecule has 2 heterocycles. The fourth-order valence-electron chi connectivity index (χ4n) is 3.35. The summed E-state index contributed by atoms with van der Waals surface area (Å²) in [7, 11) is 0. The van der Waals surface area contributed by atoms with Crippen LogP contribution in [-0.4, -0.2) is 19.3 Å². The smallest absolute Gasteiger partial charge is 0.151 e. The zero-order valence-electron chi connectivity index (χ0n) is 16.2. The van der Waals surface area contributed by atoms with E-state index in [1.165, 1.54) is 16.8 Å². The lowest BCUT2D eigenvalue weighted by Gasteiger charge is -2.09. The minimum absolute atomic E-state index is 0.244. The average molecular weight is 393 g/mol. The minimum Gasteiger partial charge on any atom is -0.308 e. The van der Waals surface area contributed by atoms with Gasteiger partial charge in [0.2, 0.25) is 0 Å². The van der Waals surface area contributed by atoms with Crippen molar-refractivity contribution in [2.75, 3.05) is 0 Å². The highest BCUT2D eigenvalue weighted by Gasteiger charge is 2.15. The lowest BCUT2D eigenvalue weighted by atomic mass is 10.1. The van der Waals surface area contributed by atoms with Crippen molar-refractivity contribution in [3.8, 4) is 11.4 Å². The Bertz CT molecular complexity index is 1120. The number of nitrogens with zero attached hydrogens (tertiary/aromatic N) is 4. The molecule has 0 unspecified atom stereocenters. The minimum atomic E-state index is -0.631. The SMILES string of the molecule is Cc1nn(-c2ccc(F)cc2F)c(C)c1CNCc1ccc(-n2ccnc2)cc1. The van der Waals surface area contributed by atoms with E-state index < -0.39 is 11.6 Å². The molecule has 7 heteroatoms. The monoisotopic (exact) mass is 393 g/mol. The van der Waals surface area contributed by atoms with Gasteiger partial charge in [-0.15, -0.1) is 0 Å². The number of aromatic nitrogens is 4. The second-order valence-corrected chi connectivity index (χ2v) is 6.90. The van der Waals surface area contributed by atoms with Gasteiger partial charge >= 0.3 is 0 Å². The molecular formula is C22H21F2N5. The van der Waals surface area contributed by atoms with Gasteiger partial charge in [-0.05, 0) is 43.7 Å². The standard InChI is InChI=1S/C22H21F2N5/c1-15-20(16(2)29(27-15)22-8-5-18(23)11-21(22)24)13-26-12-17-3-6-19(7-4-17)28-10-9-25-14-28/h3-11,14,26H,12-13H2,1-2H3. The third kappa shape index (κ3) is 3.95. The van der Waals surface area contributed by atoms with Gasteiger partial charge in [-0.25, -0.2) is 18.4 Å². The van der Waals surface area contributed by atoms with Gasteiger partial charge in [0.05, 0.1) is 12.0 Å². The molecule has 0 saturated carbocycles. The number of aryl methyl sites for hydroxylation is 1. The summed E-state index contributed by atoms with van der Waals surface area (Å²) >= 11 is 0. The van der Waals surface area contributed by atoms with Crippen LogP contribution < -0.4 is 5.32 Å². The van der Waals surface area contributed by atoms with Crippen LogP contribution >= 0.6 is 0 Å². The fraction of sp³-hybridized carbons (Fsp3) is 0.182. The van der Waals surface area contributed by atoms with Gasteiger partial charge in [0.15, 0.2) is 5.82 Å². The molecule has 148 valence electrons. The Hall–Kier alpha value is -3.32. The molecule has 4 aromatic rings. The highest BCUT2D eigenvalue weighted by atomic mass is 19.1. The average Bonchev–Trinajstić information content (AvgIpc) is 3.33. The van der Waals surface area contributed by atoms with Gasteiger partial charge in [0, 0.05) is 48.5 Å². The van der Waals surface area contributed by atoms with Crippen LogP contribution in [0.3, 0.4) is 0 Å². The molecule has 0 aliphatic carbocycles. The number of benzene rings is 2. The number of imidazole rings is 1. The van der Waals surface area contributed by atoms with E-state index in [0.717, 1.165) is 34.3 Å². The van der Waals surface area contributed by atoms with Crippen molar-refractivity contribution in [3.63, 3.8) is 0 Å². The van der Waals surface area contributed by atoms with E-state index >= 15 is 0 Å². The molecule has 0 spiro atoms. The maximum atomic E-state index is 14.1. The van der Waals surface area contributed by atoms with Crippen LogP contribution in [0.1, 0.15) is 22.5 Å². The lowest BCUT2D eigenvalue weighted by molar-refractivity contribution is 0.572. The predicted molar refractivity (Wildman–Crippen MR) is 107 cm³/mol. The van der Waals surface area contributed by atoms with Gasteiger partial charge < -0.3 is 9.88 Å². The Kier molecular flexibility index (Phi) is 5.22. The Morgan fingerprint density at radius 3 is 2.48 bits per heavy atom. The Labute approximate surface area is 167 Å². The number of hydrogen-bond donors (Lipinski definition) is 1. The van der Waals surface area contributed by atoms with E-state index in [9.17, 15) is 8.78 Å². The van der Waals surface area contributed by atoms with E-state index in [0.29, 0.717) is 13.1 Å². The van der Waals surface area contributed by atoms with Crippen LogP contribution in [0.5, 0.6) is 0 Å². The maximum Gasteiger partial charge on any atom is 0.151 e. The maximum absolute atomic E-state index is 14.1. The molecule has 1 N–H and O–H groups in total. The van der Waals surface area contributed by atoms with Crippen molar-refractivity contribution in [2.45, 2.75) is 26.9 Å². The first kappa shape index (κ1) is 19.0. The topological polar surface area (TPSA) is 47.7 Å². The van der Waals surface area contributed by atoms with Crippen molar-refractivity contribution in [2.24, 2.45) is 0 Å². The van der Waals surface area contributed by atoms with E-state index in [2.05, 4.69) is 27.5 Å². The summed E-state index contributed by atoms with van der Waals surface area (Å²) < 4.78 is 30.8. The lowest BCUT2D eigenvalue weighted by Crippen LogP contribution is -2.14. The Morgan fingerprint density at radius 1 is 1.00 bits per heavy atom. The van der Waals surface area contributed by atoms with Gasteiger partial charge in [-0.1, -0.05) is 12.1 Å². The molecule has 0 bridgehead atoms. The molecule has 0 radical (unpaired) electrons. The van der Waals surface area contributed by atoms with Gasteiger partial charge in [0.1, 0.15) is 11.5 Å². The van der Waals surface area contributed by atoms with Crippen LogP contribution in [0.2, 0.25) is 0 Å². The summed E-state index contributed by atoms with van der Waals surface area (Å²) in [6.45, 7) is 5.07. The molecule has 4 rings (SSSR count). The Morgan fingerprint density at radius 2 is 1.79 bits per heavy atom. The molecule has 0 aliphatic heterocycles. The van der Waals surface area contributed by atoms with Crippen molar-refractivity contribution in [3.05, 3.63) is 95.3 Å². The third-order valence-electron chi connectivity index (χ3n) is 4.95. The second kappa shape index (κ2) is 7.97. The summed E-state index contributed by atoms with van der Waals surface area (Å²) in [6.07, 6.45) is 5.42. The summed E-state index contributed by atoms with van der Waals surface area (Å²) in [4.78, 5) is 4.05. The summed E-state index contributed by atoms with van der Waals surface area (Å²) in [5.41, 5.74) is 5.10. The van der Waals surface area contributed by atoms with Crippen LogP contribution in [-0.2, 0) is 13.1 Å². The van der Waals surface area contributed by atoms with E-state index in [-0.39, 0.29) is 5.69 Å². The molecule has 0 saturated heterocycles. The molecule has 2 aromatic heterocycles. The quantitative estimate of drug-likeness (QED) is 0.533. The number of halogens is 2. The van der Waals surface area contributed by atoms with Crippen LogP contribution in [0.25, 0.3) is 11.4 Å². The van der Waals surface area contributed by atoms with Crippen molar-refractivity contribution >= 4 is 0 Å². The summed E-state index contributed by atoms with van der Waals surface area (Å²) in [5, 5.41) is 7.86. The van der Waals surface area contributed by atoms with Gasteiger partial charge in [-0.3, -0.25) is 0 Å². The predicted octanol–water partition coefficient (Wildman–Crippen LogP) is 4.24. The molecule has 0 fully saturated rings. The highest BCUT2D eigenvalue weighted by molar-refractivity contribution is 5.39. The zero-order valence-corrected chi connectivity index (χ0v) is 16.2. The first-order valence-electron chi connectivity index (χ1n) is 9.31. The van der Waals surface area contributed by atoms with Crippen molar-refractivity contribution in [1.82, 2.24) is 24.6 Å². The first-order valence-corrected chi connectivity index (χ1v) is 9.31. The van der Waals surface area contributed by atoms with Crippen LogP contribution in [0, 0.1) is 25.5 Å². The summed E-state index contributed by atoms with van der Waals surface area (Å²) in [5.74, 6) is -1.23. The molecule has 0 aliphatic rings. The molecule has 0 amide bonds. The number of nitrogens with one attached hydrogen (secondary N) is 1. The normalized spacial score (nSPS) is 11.2. The van der Waals surface area contributed by atoms with E-state index in [4.69, 9.17) is 0 Å². The molecule has 5 nitrogen and oxygen atoms in total. The third-order valence-corrected chi connectivity index (χ3v) is 4.95. The molecular weight excluding hydrogens is 372 g/mol. The van der Waals surface area contributed by atoms with Crippen LogP contribution in [0.4, 0.5) is 8.78 Å². The largest absolute Gasteiger partial charge is 0.308 e. The Balaban J connectivity index is 1.44. The molecule has 29 heavy (non-hydrogen) atoms. The van der Waals surface area contributed by atoms with Gasteiger partial charge in [0.25, 0.3) is 0 Å². The van der Waals surface area contributed by atoms with Gasteiger partial charge in [-0.2, -0.15) is 5.10 Å². The fourth-order valence-corrected chi connectivity index (χ4v) is 3.35. The van der Waals surface area contributed by atoms with E-state index in [1.807, 2.05) is 36.7 Å². The van der Waals surface area contributed by atoms with Crippen molar-refractivity contribution < 1.29 is 8.78 Å². The second-order valence-electron chi connectivity index (χ2n) is 6.90.